The van der Waals surface area contributed by atoms with E-state index in [1.807, 2.05) is 35.2 Å². The number of aromatic nitrogens is 1. The lowest BCUT2D eigenvalue weighted by molar-refractivity contribution is -0.131. The first-order valence-corrected chi connectivity index (χ1v) is 11.0. The van der Waals surface area contributed by atoms with Crippen LogP contribution in [0.2, 0.25) is 10.2 Å². The maximum atomic E-state index is 12.6. The number of aliphatic imine (C=N–C) groups is 1. The van der Waals surface area contributed by atoms with Crippen molar-refractivity contribution in [2.24, 2.45) is 4.99 Å². The van der Waals surface area contributed by atoms with Crippen molar-refractivity contribution in [2.45, 2.75) is 19.8 Å². The van der Waals surface area contributed by atoms with Gasteiger partial charge in [0.25, 0.3) is 0 Å². The second kappa shape index (κ2) is 13.1. The Kier molecular flexibility index (Phi) is 10.8. The number of hydrogen-bond acceptors (Lipinski definition) is 3. The third kappa shape index (κ3) is 8.12. The molecule has 2 aromatic rings. The Balaban J connectivity index is 0.00000341. The minimum atomic E-state index is 0. The molecule has 0 unspecified atom stereocenters. The van der Waals surface area contributed by atoms with Gasteiger partial charge in [-0.2, -0.15) is 0 Å². The lowest BCUT2D eigenvalue weighted by atomic mass is 10.1. The summed E-state index contributed by atoms with van der Waals surface area (Å²) in [6.07, 6.45) is 2.97. The van der Waals surface area contributed by atoms with E-state index in [0.717, 1.165) is 43.1 Å². The summed E-state index contributed by atoms with van der Waals surface area (Å²) < 4.78 is 0. The molecule has 1 fully saturated rings. The van der Waals surface area contributed by atoms with Crippen LogP contribution in [-0.4, -0.2) is 65.9 Å². The lowest BCUT2D eigenvalue weighted by Gasteiger charge is -2.36. The van der Waals surface area contributed by atoms with E-state index in [4.69, 9.17) is 28.2 Å². The second-order valence-corrected chi connectivity index (χ2v) is 7.97. The van der Waals surface area contributed by atoms with Crippen LogP contribution in [0.5, 0.6) is 0 Å². The molecule has 3 rings (SSSR count). The summed E-state index contributed by atoms with van der Waals surface area (Å²) >= 11 is 11.9. The molecule has 9 heteroatoms. The predicted molar refractivity (Wildman–Crippen MR) is 138 cm³/mol. The van der Waals surface area contributed by atoms with Gasteiger partial charge in [0.15, 0.2) is 5.96 Å². The molecule has 2 heterocycles. The summed E-state index contributed by atoms with van der Waals surface area (Å²) in [5.41, 5.74) is 2.05. The molecule has 1 aromatic heterocycles. The summed E-state index contributed by atoms with van der Waals surface area (Å²) in [5.74, 6) is 1.02. The van der Waals surface area contributed by atoms with Gasteiger partial charge in [0.1, 0.15) is 5.15 Å². The van der Waals surface area contributed by atoms with Gasteiger partial charge in [0.05, 0.1) is 6.42 Å². The Morgan fingerprint density at radius 2 is 1.84 bits per heavy atom. The number of nitrogens with one attached hydrogen (secondary N) is 1. The first-order valence-electron chi connectivity index (χ1n) is 10.2. The highest BCUT2D eigenvalue weighted by Crippen LogP contribution is 2.13. The smallest absolute Gasteiger partial charge is 0.227 e. The van der Waals surface area contributed by atoms with Gasteiger partial charge in [-0.25, -0.2) is 4.98 Å². The summed E-state index contributed by atoms with van der Waals surface area (Å²) in [6.45, 7) is 6.42. The number of halogens is 3. The number of pyridine rings is 1. The van der Waals surface area contributed by atoms with Gasteiger partial charge in [0.2, 0.25) is 5.91 Å². The van der Waals surface area contributed by atoms with Crippen molar-refractivity contribution in [2.75, 3.05) is 39.3 Å². The summed E-state index contributed by atoms with van der Waals surface area (Å²) in [4.78, 5) is 25.6. The molecule has 1 aliphatic rings. The highest BCUT2D eigenvalue weighted by molar-refractivity contribution is 14.0. The highest BCUT2D eigenvalue weighted by Gasteiger charge is 2.23. The SMILES string of the molecule is CCNC(=NCCc1ccc(Cl)nc1)N1CCN(C(=O)Cc2cccc(Cl)c2)CC1.I. The van der Waals surface area contributed by atoms with Crippen LogP contribution in [0.1, 0.15) is 18.1 Å². The monoisotopic (exact) mass is 575 g/mol. The summed E-state index contributed by atoms with van der Waals surface area (Å²) in [5, 5.41) is 4.52. The highest BCUT2D eigenvalue weighted by atomic mass is 127. The molecule has 6 nitrogen and oxygen atoms in total. The number of amides is 1. The Morgan fingerprint density at radius 3 is 2.48 bits per heavy atom. The van der Waals surface area contributed by atoms with Gasteiger partial charge in [-0.05, 0) is 42.7 Å². The second-order valence-electron chi connectivity index (χ2n) is 7.15. The zero-order valence-corrected chi connectivity index (χ0v) is 21.4. The fraction of sp³-hybridized carbons (Fsp3) is 0.409. The summed E-state index contributed by atoms with van der Waals surface area (Å²) in [7, 11) is 0. The normalized spacial score (nSPS) is 14.2. The van der Waals surface area contributed by atoms with Crippen molar-refractivity contribution < 1.29 is 4.79 Å². The Hall–Kier alpha value is -1.58. The fourth-order valence-corrected chi connectivity index (χ4v) is 3.70. The minimum Gasteiger partial charge on any atom is -0.357 e. The van der Waals surface area contributed by atoms with Crippen LogP contribution in [0, 0.1) is 0 Å². The van der Waals surface area contributed by atoms with Crippen LogP contribution in [0.4, 0.5) is 0 Å². The molecular weight excluding hydrogens is 548 g/mol. The van der Waals surface area contributed by atoms with Crippen molar-refractivity contribution >= 4 is 59.0 Å². The number of benzene rings is 1. The average Bonchev–Trinajstić information content (AvgIpc) is 2.75. The number of carbonyl (C=O) groups excluding carboxylic acids is 1. The van der Waals surface area contributed by atoms with Crippen molar-refractivity contribution in [3.05, 3.63) is 63.9 Å². The first kappa shape index (κ1) is 25.7. The maximum absolute atomic E-state index is 12.6. The van der Waals surface area contributed by atoms with E-state index in [2.05, 4.69) is 22.1 Å². The Morgan fingerprint density at radius 1 is 1.10 bits per heavy atom. The molecule has 0 spiro atoms. The first-order chi connectivity index (χ1) is 14.5. The molecule has 1 aromatic carbocycles. The number of hydrogen-bond donors (Lipinski definition) is 1. The largest absolute Gasteiger partial charge is 0.357 e. The van der Waals surface area contributed by atoms with Crippen LogP contribution in [-0.2, 0) is 17.6 Å². The number of guanidine groups is 1. The quantitative estimate of drug-likeness (QED) is 0.246. The molecular formula is C22H28Cl2IN5O. The van der Waals surface area contributed by atoms with Crippen LogP contribution in [0.25, 0.3) is 0 Å². The van der Waals surface area contributed by atoms with E-state index < -0.39 is 0 Å². The van der Waals surface area contributed by atoms with Crippen molar-refractivity contribution in [1.29, 1.82) is 0 Å². The number of carbonyl (C=O) groups is 1. The van der Waals surface area contributed by atoms with Crippen LogP contribution in [0.15, 0.2) is 47.6 Å². The number of nitrogens with zero attached hydrogens (tertiary/aromatic N) is 4. The van der Waals surface area contributed by atoms with Gasteiger partial charge >= 0.3 is 0 Å². The number of rotatable bonds is 6. The zero-order chi connectivity index (χ0) is 21.3. The standard InChI is InChI=1S/C22H27Cl2N5O.HI/c1-2-25-22(26-9-8-17-6-7-20(24)27-16-17)29-12-10-28(11-13-29)21(30)15-18-4-3-5-19(23)14-18;/h3-7,14,16H,2,8-13,15H2,1H3,(H,25,26);1H. The lowest BCUT2D eigenvalue weighted by Crippen LogP contribution is -2.54. The third-order valence-corrected chi connectivity index (χ3v) is 5.42. The minimum absolute atomic E-state index is 0. The maximum Gasteiger partial charge on any atom is 0.227 e. The van der Waals surface area contributed by atoms with Crippen molar-refractivity contribution in [1.82, 2.24) is 20.1 Å². The van der Waals surface area contributed by atoms with E-state index in [0.29, 0.717) is 36.2 Å². The van der Waals surface area contributed by atoms with Crippen LogP contribution in [0.3, 0.4) is 0 Å². The van der Waals surface area contributed by atoms with Gasteiger partial charge in [0, 0.05) is 50.5 Å². The van der Waals surface area contributed by atoms with E-state index in [1.165, 1.54) is 0 Å². The molecule has 1 amide bonds. The number of piperazine rings is 1. The fourth-order valence-electron chi connectivity index (χ4n) is 3.37. The van der Waals surface area contributed by atoms with E-state index >= 15 is 0 Å². The predicted octanol–water partition coefficient (Wildman–Crippen LogP) is 3.90. The molecule has 31 heavy (non-hydrogen) atoms. The topological polar surface area (TPSA) is 60.8 Å². The molecule has 1 saturated heterocycles. The summed E-state index contributed by atoms with van der Waals surface area (Å²) in [6, 6.07) is 11.3. The average molecular weight is 576 g/mol. The van der Waals surface area contributed by atoms with E-state index in [-0.39, 0.29) is 29.9 Å². The van der Waals surface area contributed by atoms with Gasteiger partial charge in [-0.15, -0.1) is 24.0 Å². The van der Waals surface area contributed by atoms with Crippen molar-refractivity contribution in [3.63, 3.8) is 0 Å². The molecule has 0 saturated carbocycles. The molecule has 1 N–H and O–H groups in total. The van der Waals surface area contributed by atoms with Gasteiger partial charge < -0.3 is 15.1 Å². The van der Waals surface area contributed by atoms with Crippen LogP contribution < -0.4 is 5.32 Å². The molecule has 168 valence electrons. The van der Waals surface area contributed by atoms with Gasteiger partial charge in [-0.3, -0.25) is 9.79 Å². The van der Waals surface area contributed by atoms with Crippen LogP contribution >= 0.6 is 47.2 Å². The Labute approximate surface area is 211 Å². The molecule has 0 aliphatic carbocycles. The molecule has 0 bridgehead atoms. The van der Waals surface area contributed by atoms with E-state index in [1.54, 1.807) is 12.3 Å². The van der Waals surface area contributed by atoms with E-state index in [9.17, 15) is 4.79 Å². The molecule has 0 radical (unpaired) electrons. The molecule has 1 aliphatic heterocycles. The third-order valence-electron chi connectivity index (χ3n) is 4.96. The Bertz CT molecular complexity index is 870. The molecule has 0 atom stereocenters. The van der Waals surface area contributed by atoms with Crippen molar-refractivity contribution in [3.8, 4) is 0 Å². The van der Waals surface area contributed by atoms with Gasteiger partial charge in [-0.1, -0.05) is 41.4 Å². The zero-order valence-electron chi connectivity index (χ0n) is 17.6.